The van der Waals surface area contributed by atoms with Crippen LogP contribution in [-0.4, -0.2) is 83.5 Å². The molecule has 8 heteroatoms. The molecule has 1 N–H and O–H groups in total. The summed E-state index contributed by atoms with van der Waals surface area (Å²) in [4.78, 5) is 21.8. The molecule has 176 valence electrons. The molecule has 1 aliphatic carbocycles. The van der Waals surface area contributed by atoms with Crippen LogP contribution in [0.3, 0.4) is 0 Å². The van der Waals surface area contributed by atoms with E-state index in [2.05, 4.69) is 22.9 Å². The topological polar surface area (TPSA) is 65.9 Å². The first-order valence-electron chi connectivity index (χ1n) is 11.8. The molecule has 32 heavy (non-hydrogen) atoms. The van der Waals surface area contributed by atoms with Gasteiger partial charge in [-0.15, -0.1) is 11.3 Å². The van der Waals surface area contributed by atoms with Gasteiger partial charge in [-0.25, -0.2) is 9.37 Å². The average molecular weight is 464 g/mol. The van der Waals surface area contributed by atoms with Crippen molar-refractivity contribution < 1.29 is 19.0 Å². The minimum Gasteiger partial charge on any atom is -0.396 e. The smallest absolute Gasteiger partial charge is 0.273 e. The Morgan fingerprint density at radius 2 is 2.16 bits per heavy atom. The number of nitrogens with zero attached hydrogens (tertiary/aromatic N) is 3. The van der Waals surface area contributed by atoms with Crippen molar-refractivity contribution in [3.63, 3.8) is 0 Å². The zero-order valence-electron chi connectivity index (χ0n) is 18.9. The van der Waals surface area contributed by atoms with Crippen LogP contribution in [-0.2, 0) is 11.2 Å². The normalized spacial score (nSPS) is 23.8. The molecular formula is C24H34FN3O3S. The van der Waals surface area contributed by atoms with Crippen LogP contribution in [0.4, 0.5) is 4.39 Å². The van der Waals surface area contributed by atoms with Gasteiger partial charge in [0.1, 0.15) is 11.9 Å². The summed E-state index contributed by atoms with van der Waals surface area (Å²) in [6.45, 7) is 6.42. The van der Waals surface area contributed by atoms with E-state index in [0.717, 1.165) is 61.5 Å². The van der Waals surface area contributed by atoms with Crippen LogP contribution in [0.2, 0.25) is 0 Å². The number of aryl methyl sites for hydroxylation is 1. The van der Waals surface area contributed by atoms with Crippen molar-refractivity contribution in [1.82, 2.24) is 14.8 Å². The maximum absolute atomic E-state index is 14.1. The van der Waals surface area contributed by atoms with E-state index < -0.39 is 6.17 Å². The summed E-state index contributed by atoms with van der Waals surface area (Å²) in [6, 6.07) is 0. The first-order chi connectivity index (χ1) is 15.5. The summed E-state index contributed by atoms with van der Waals surface area (Å²) >= 11 is 1.57. The molecule has 0 aromatic carbocycles. The van der Waals surface area contributed by atoms with Crippen molar-refractivity contribution in [1.29, 1.82) is 0 Å². The van der Waals surface area contributed by atoms with Crippen molar-refractivity contribution in [3.05, 3.63) is 39.4 Å². The molecule has 1 unspecified atom stereocenters. The fourth-order valence-electron chi connectivity index (χ4n) is 4.93. The highest BCUT2D eigenvalue weighted by Crippen LogP contribution is 2.32. The van der Waals surface area contributed by atoms with E-state index in [1.54, 1.807) is 17.4 Å². The van der Waals surface area contributed by atoms with Crippen molar-refractivity contribution in [2.24, 2.45) is 0 Å². The lowest BCUT2D eigenvalue weighted by molar-refractivity contribution is -0.126. The van der Waals surface area contributed by atoms with Crippen molar-refractivity contribution in [2.45, 2.75) is 57.2 Å². The third kappa shape index (κ3) is 5.65. The number of amides is 1. The second kappa shape index (κ2) is 10.5. The van der Waals surface area contributed by atoms with Gasteiger partial charge < -0.3 is 14.7 Å². The zero-order chi connectivity index (χ0) is 22.6. The molecule has 2 aliphatic heterocycles. The number of hydrogen-bond donors (Lipinski definition) is 1. The SMILES string of the molecule is CCCc1nc(C(=O)N2CCOC3(CCN(CC4=CC(CCO)=CC(F)C4)CC3)C2)cs1. The molecule has 1 aromatic heterocycles. The summed E-state index contributed by atoms with van der Waals surface area (Å²) in [7, 11) is 0. The molecule has 0 bridgehead atoms. The minimum atomic E-state index is -0.961. The van der Waals surface area contributed by atoms with Gasteiger partial charge in [-0.3, -0.25) is 9.69 Å². The van der Waals surface area contributed by atoms with Crippen molar-refractivity contribution in [3.8, 4) is 0 Å². The predicted molar refractivity (Wildman–Crippen MR) is 124 cm³/mol. The number of piperidine rings is 1. The molecule has 3 heterocycles. The Hall–Kier alpha value is -1.61. The number of hydrogen-bond acceptors (Lipinski definition) is 6. The second-order valence-electron chi connectivity index (χ2n) is 9.15. The number of ether oxygens (including phenoxy) is 1. The van der Waals surface area contributed by atoms with Gasteiger partial charge in [0.15, 0.2) is 0 Å². The zero-order valence-corrected chi connectivity index (χ0v) is 19.7. The number of halogens is 1. The van der Waals surface area contributed by atoms with Gasteiger partial charge >= 0.3 is 0 Å². The van der Waals surface area contributed by atoms with Gasteiger partial charge in [0.25, 0.3) is 5.91 Å². The number of aliphatic hydroxyl groups excluding tert-OH is 1. The largest absolute Gasteiger partial charge is 0.396 e. The number of carbonyl (C=O) groups is 1. The highest BCUT2D eigenvalue weighted by molar-refractivity contribution is 7.09. The highest BCUT2D eigenvalue weighted by atomic mass is 32.1. The number of carbonyl (C=O) groups excluding carboxylic acids is 1. The summed E-state index contributed by atoms with van der Waals surface area (Å²) in [5, 5.41) is 12.1. The number of aliphatic hydroxyl groups is 1. The minimum absolute atomic E-state index is 0.0123. The van der Waals surface area contributed by atoms with E-state index in [0.29, 0.717) is 38.2 Å². The number of aromatic nitrogens is 1. The van der Waals surface area contributed by atoms with Crippen LogP contribution in [0.25, 0.3) is 0 Å². The molecule has 4 rings (SSSR count). The van der Waals surface area contributed by atoms with Gasteiger partial charge in [0.2, 0.25) is 0 Å². The molecule has 2 fully saturated rings. The molecule has 0 radical (unpaired) electrons. The molecule has 6 nitrogen and oxygen atoms in total. The molecule has 1 spiro atoms. The fraction of sp³-hybridized carbons (Fsp3) is 0.667. The van der Waals surface area contributed by atoms with E-state index in [9.17, 15) is 9.18 Å². The second-order valence-corrected chi connectivity index (χ2v) is 10.1. The Labute approximate surface area is 193 Å². The van der Waals surface area contributed by atoms with Gasteiger partial charge in [-0.2, -0.15) is 0 Å². The Balaban J connectivity index is 1.32. The number of allylic oxidation sites excluding steroid dienone is 2. The Kier molecular flexibility index (Phi) is 7.76. The standard InChI is InChI=1S/C24H34FN3O3S/c1-2-3-22-26-21(16-32-22)23(30)28-9-11-31-24(17-28)5-7-27(8-6-24)15-19-12-18(4-10-29)13-20(25)14-19/h12-13,16,20,29H,2-11,14-15,17H2,1H3. The van der Waals surface area contributed by atoms with Crippen LogP contribution in [0, 0.1) is 0 Å². The average Bonchev–Trinajstić information content (AvgIpc) is 3.24. The molecule has 1 amide bonds. The lowest BCUT2D eigenvalue weighted by Crippen LogP contribution is -2.58. The summed E-state index contributed by atoms with van der Waals surface area (Å²) < 4.78 is 20.3. The summed E-state index contributed by atoms with van der Waals surface area (Å²) in [5.41, 5.74) is 2.25. The van der Waals surface area contributed by atoms with Gasteiger partial charge in [0, 0.05) is 44.6 Å². The molecule has 1 aromatic rings. The van der Waals surface area contributed by atoms with Crippen LogP contribution in [0.5, 0.6) is 0 Å². The number of thiazole rings is 1. The van der Waals surface area contributed by atoms with Crippen molar-refractivity contribution >= 4 is 17.2 Å². The molecule has 3 aliphatic rings. The Morgan fingerprint density at radius 1 is 1.34 bits per heavy atom. The molecule has 1 atom stereocenters. The number of rotatable bonds is 7. The first kappa shape index (κ1) is 23.5. The summed E-state index contributed by atoms with van der Waals surface area (Å²) in [5.74, 6) is 0.0123. The molecule has 2 saturated heterocycles. The van der Waals surface area contributed by atoms with E-state index in [1.165, 1.54) is 0 Å². The lowest BCUT2D eigenvalue weighted by atomic mass is 9.88. The quantitative estimate of drug-likeness (QED) is 0.672. The molecular weight excluding hydrogens is 429 g/mol. The molecule has 0 saturated carbocycles. The van der Waals surface area contributed by atoms with Gasteiger partial charge in [-0.1, -0.05) is 18.6 Å². The summed E-state index contributed by atoms with van der Waals surface area (Å²) in [6.07, 6.45) is 7.32. The maximum atomic E-state index is 14.1. The van der Waals surface area contributed by atoms with E-state index in [1.807, 2.05) is 10.3 Å². The number of alkyl halides is 1. The maximum Gasteiger partial charge on any atom is 0.273 e. The third-order valence-corrected chi connectivity index (χ3v) is 7.52. The fourth-order valence-corrected chi connectivity index (χ4v) is 5.81. The Morgan fingerprint density at radius 3 is 2.91 bits per heavy atom. The van der Waals surface area contributed by atoms with Crippen LogP contribution < -0.4 is 0 Å². The van der Waals surface area contributed by atoms with Crippen LogP contribution >= 0.6 is 11.3 Å². The van der Waals surface area contributed by atoms with E-state index in [4.69, 9.17) is 9.84 Å². The number of likely N-dealkylation sites (tertiary alicyclic amines) is 1. The third-order valence-electron chi connectivity index (χ3n) is 6.61. The predicted octanol–water partition coefficient (Wildman–Crippen LogP) is 3.38. The monoisotopic (exact) mass is 463 g/mol. The van der Waals surface area contributed by atoms with Crippen LogP contribution in [0.15, 0.2) is 28.7 Å². The number of morpholine rings is 1. The van der Waals surface area contributed by atoms with Crippen molar-refractivity contribution in [2.75, 3.05) is 45.9 Å². The van der Waals surface area contributed by atoms with E-state index in [-0.39, 0.29) is 18.1 Å². The Bertz CT molecular complexity index is 860. The van der Waals surface area contributed by atoms with Gasteiger partial charge in [0.05, 0.1) is 23.8 Å². The lowest BCUT2D eigenvalue weighted by Gasteiger charge is -2.47. The van der Waals surface area contributed by atoms with Gasteiger partial charge in [-0.05, 0) is 43.8 Å². The highest BCUT2D eigenvalue weighted by Gasteiger charge is 2.41. The van der Waals surface area contributed by atoms with Crippen LogP contribution in [0.1, 0.15) is 54.5 Å². The first-order valence-corrected chi connectivity index (χ1v) is 12.6. The van der Waals surface area contributed by atoms with E-state index >= 15 is 0 Å².